The Hall–Kier alpha value is -1.18. The molecule has 5 atom stereocenters. The van der Waals surface area contributed by atoms with Crippen molar-refractivity contribution >= 4 is 21.0 Å². The lowest BCUT2D eigenvalue weighted by molar-refractivity contribution is -0.0792. The van der Waals surface area contributed by atoms with Gasteiger partial charge in [-0.25, -0.2) is 4.79 Å². The average Bonchev–Trinajstić information content (AvgIpc) is 2.71. The van der Waals surface area contributed by atoms with E-state index in [-0.39, 0.29) is 5.82 Å². The summed E-state index contributed by atoms with van der Waals surface area (Å²) in [4.78, 5) is 51.8. The first kappa shape index (κ1) is 20.1. The molecule has 0 radical (unpaired) electrons. The normalized spacial score (nSPS) is 31.9. The fraction of sp³-hybridized carbons (Fsp3) is 0.556. The molecular formula is C9H15N3O11P2. The molecule has 0 spiro atoms. The van der Waals surface area contributed by atoms with E-state index in [1.165, 1.54) is 0 Å². The van der Waals surface area contributed by atoms with Crippen molar-refractivity contribution in [2.24, 2.45) is 0 Å². The van der Waals surface area contributed by atoms with Crippen molar-refractivity contribution in [3.63, 3.8) is 0 Å². The molecule has 1 unspecified atom stereocenters. The molecule has 1 aliphatic rings. The van der Waals surface area contributed by atoms with Crippen molar-refractivity contribution in [2.75, 3.05) is 5.73 Å². The summed E-state index contributed by atoms with van der Waals surface area (Å²) in [6.45, 7) is 0. The number of nitrogens with two attached hydrogens (primary N) is 1. The molecule has 0 amide bonds. The van der Waals surface area contributed by atoms with Crippen molar-refractivity contribution < 1.29 is 48.8 Å². The monoisotopic (exact) mass is 403 g/mol. The molecule has 1 aromatic rings. The van der Waals surface area contributed by atoms with Crippen molar-refractivity contribution in [3.8, 4) is 0 Å². The van der Waals surface area contributed by atoms with Crippen LogP contribution in [0.4, 0.5) is 5.82 Å². The van der Waals surface area contributed by atoms with Crippen LogP contribution < -0.4 is 11.4 Å². The first-order valence-electron chi connectivity index (χ1n) is 6.40. The minimum atomic E-state index is -5.73. The number of aliphatic hydroxyl groups is 3. The number of hydrogen-bond acceptors (Lipinski definition) is 9. The minimum absolute atomic E-state index is 0.231. The van der Waals surface area contributed by atoms with Gasteiger partial charge < -0.3 is 45.4 Å². The summed E-state index contributed by atoms with van der Waals surface area (Å²) in [6, 6.07) is 1.06. The molecular weight excluding hydrogens is 388 g/mol. The van der Waals surface area contributed by atoms with Crippen LogP contribution >= 0.6 is 15.2 Å². The molecule has 1 aliphatic heterocycles. The number of aromatic nitrogens is 2. The molecule has 1 fully saturated rings. The molecule has 2 rings (SSSR count). The van der Waals surface area contributed by atoms with Gasteiger partial charge in [-0.1, -0.05) is 0 Å². The Morgan fingerprint density at radius 1 is 1.32 bits per heavy atom. The van der Waals surface area contributed by atoms with E-state index in [1.54, 1.807) is 0 Å². The van der Waals surface area contributed by atoms with E-state index >= 15 is 0 Å². The van der Waals surface area contributed by atoms with E-state index in [0.717, 1.165) is 12.3 Å². The Morgan fingerprint density at radius 3 is 2.32 bits per heavy atom. The van der Waals surface area contributed by atoms with E-state index < -0.39 is 50.5 Å². The Balaban J connectivity index is 2.60. The van der Waals surface area contributed by atoms with Crippen LogP contribution in [0.25, 0.3) is 0 Å². The van der Waals surface area contributed by atoms with Crippen LogP contribution in [0.15, 0.2) is 17.1 Å². The molecule has 0 saturated carbocycles. The van der Waals surface area contributed by atoms with Gasteiger partial charge >= 0.3 is 20.9 Å². The fourth-order valence-corrected chi connectivity index (χ4v) is 4.12. The lowest BCUT2D eigenvalue weighted by Gasteiger charge is -2.33. The van der Waals surface area contributed by atoms with Crippen molar-refractivity contribution in [3.05, 3.63) is 22.7 Å². The van der Waals surface area contributed by atoms with Crippen LogP contribution in [-0.2, 0) is 13.9 Å². The third-order valence-corrected chi connectivity index (χ3v) is 6.03. The average molecular weight is 403 g/mol. The molecule has 2 heterocycles. The molecule has 14 nitrogen and oxygen atoms in total. The van der Waals surface area contributed by atoms with E-state index in [0.29, 0.717) is 4.57 Å². The Bertz CT molecular complexity index is 817. The molecule has 1 aromatic heterocycles. The number of aliphatic hydroxyl groups excluding tert-OH is 2. The second-order valence-electron chi connectivity index (χ2n) is 5.26. The third kappa shape index (κ3) is 3.29. The SMILES string of the molecule is Nc1ccn([C@@H]2O[C@H](C(O)P(=O)(O)O)[C@](O)(P(=O)(O)O)[C@@H]2O)c(=O)n1. The lowest BCUT2D eigenvalue weighted by atomic mass is 10.1. The van der Waals surface area contributed by atoms with Gasteiger partial charge in [0.25, 0.3) is 0 Å². The molecule has 9 N–H and O–H groups in total. The predicted octanol–water partition coefficient (Wildman–Crippen LogP) is -3.55. The van der Waals surface area contributed by atoms with Gasteiger partial charge in [0.1, 0.15) is 18.0 Å². The summed E-state index contributed by atoms with van der Waals surface area (Å²) in [6.07, 6.45) is -6.30. The van der Waals surface area contributed by atoms with Gasteiger partial charge in [0, 0.05) is 6.20 Å². The summed E-state index contributed by atoms with van der Waals surface area (Å²) >= 11 is 0. The quantitative estimate of drug-likeness (QED) is 0.227. The standard InChI is InChI=1S/C9H15N3O11P2/c10-3-1-2-12(8(15)11-3)6-4(13)9(16,25(20,21)22)5(23-6)7(14)24(17,18)19/h1-2,4-7,13-14,16H,(H2,10,11,15)(H2,17,18,19)(H2,20,21,22)/t4-,5-,6-,7?,9-/m1/s1. The zero-order valence-corrected chi connectivity index (χ0v) is 13.9. The Labute approximate surface area is 138 Å². The Morgan fingerprint density at radius 2 is 1.88 bits per heavy atom. The number of hydrogen-bond donors (Lipinski definition) is 8. The van der Waals surface area contributed by atoms with Gasteiger partial charge in [-0.3, -0.25) is 13.7 Å². The maximum atomic E-state index is 11.8. The summed E-state index contributed by atoms with van der Waals surface area (Å²) in [5.74, 6) is -3.13. The second-order valence-corrected chi connectivity index (χ2v) is 8.78. The molecule has 25 heavy (non-hydrogen) atoms. The number of nitrogen functional groups attached to an aromatic ring is 1. The lowest BCUT2D eigenvalue weighted by Crippen LogP contribution is -2.51. The minimum Gasteiger partial charge on any atom is -0.385 e. The highest BCUT2D eigenvalue weighted by Crippen LogP contribution is 2.62. The summed E-state index contributed by atoms with van der Waals surface area (Å²) in [5.41, 5.74) is 4.12. The number of anilines is 1. The van der Waals surface area contributed by atoms with Gasteiger partial charge in [-0.2, -0.15) is 4.98 Å². The van der Waals surface area contributed by atoms with Crippen LogP contribution in [0, 0.1) is 0 Å². The first-order chi connectivity index (χ1) is 11.2. The highest BCUT2D eigenvalue weighted by Gasteiger charge is 2.69. The van der Waals surface area contributed by atoms with Crippen LogP contribution in [0.1, 0.15) is 6.23 Å². The van der Waals surface area contributed by atoms with Crippen molar-refractivity contribution in [1.82, 2.24) is 9.55 Å². The topological polar surface area (TPSA) is 246 Å². The summed E-state index contributed by atoms with van der Waals surface area (Å²) in [5, 5.41) is 26.4. The van der Waals surface area contributed by atoms with Gasteiger partial charge in [0.15, 0.2) is 12.1 Å². The fourth-order valence-electron chi connectivity index (χ4n) is 2.34. The largest absolute Gasteiger partial charge is 0.385 e. The van der Waals surface area contributed by atoms with Crippen LogP contribution in [0.3, 0.4) is 0 Å². The van der Waals surface area contributed by atoms with Crippen molar-refractivity contribution in [1.29, 1.82) is 0 Å². The zero-order chi connectivity index (χ0) is 19.4. The molecule has 0 aromatic carbocycles. The zero-order valence-electron chi connectivity index (χ0n) is 12.1. The smallest absolute Gasteiger partial charge is 0.362 e. The highest BCUT2D eigenvalue weighted by molar-refractivity contribution is 7.54. The second kappa shape index (κ2) is 6.21. The third-order valence-electron chi connectivity index (χ3n) is 3.62. The van der Waals surface area contributed by atoms with E-state index in [4.69, 9.17) is 20.3 Å². The van der Waals surface area contributed by atoms with Gasteiger partial charge in [-0.05, 0) is 6.07 Å². The van der Waals surface area contributed by atoms with E-state index in [2.05, 4.69) is 4.98 Å². The summed E-state index contributed by atoms with van der Waals surface area (Å²) < 4.78 is 28.2. The van der Waals surface area contributed by atoms with Gasteiger partial charge in [0.2, 0.25) is 5.34 Å². The van der Waals surface area contributed by atoms with Gasteiger partial charge in [-0.15, -0.1) is 0 Å². The first-order valence-corrected chi connectivity index (χ1v) is 9.70. The predicted molar refractivity (Wildman–Crippen MR) is 77.9 cm³/mol. The van der Waals surface area contributed by atoms with Gasteiger partial charge in [0.05, 0.1) is 0 Å². The number of rotatable bonds is 4. The number of nitrogens with zero attached hydrogens (tertiary/aromatic N) is 2. The molecule has 0 aliphatic carbocycles. The Kier molecular flexibility index (Phi) is 5.00. The van der Waals surface area contributed by atoms with Crippen LogP contribution in [-0.4, -0.2) is 67.8 Å². The molecule has 142 valence electrons. The molecule has 0 bridgehead atoms. The van der Waals surface area contributed by atoms with E-state index in [9.17, 15) is 39.0 Å². The van der Waals surface area contributed by atoms with E-state index in [1.807, 2.05) is 0 Å². The maximum absolute atomic E-state index is 11.8. The van der Waals surface area contributed by atoms with Crippen LogP contribution in [0.2, 0.25) is 0 Å². The van der Waals surface area contributed by atoms with Crippen LogP contribution in [0.5, 0.6) is 0 Å². The molecule has 1 saturated heterocycles. The van der Waals surface area contributed by atoms with Crippen molar-refractivity contribution in [2.45, 2.75) is 29.6 Å². The molecule has 16 heteroatoms. The maximum Gasteiger partial charge on any atom is 0.362 e. The number of ether oxygens (including phenoxy) is 1. The summed E-state index contributed by atoms with van der Waals surface area (Å²) in [7, 11) is -11.2. The highest BCUT2D eigenvalue weighted by atomic mass is 31.2.